The summed E-state index contributed by atoms with van der Waals surface area (Å²) in [5.41, 5.74) is 8.39. The van der Waals surface area contributed by atoms with Gasteiger partial charge >= 0.3 is 0 Å². The summed E-state index contributed by atoms with van der Waals surface area (Å²) in [6.45, 7) is 2.45. The number of methoxy groups -OCH3 is 1. The molecule has 2 aromatic rings. The predicted octanol–water partition coefficient (Wildman–Crippen LogP) is 1.53. The number of hydrogen-bond acceptors (Lipinski definition) is 3. The second-order valence-electron chi connectivity index (χ2n) is 3.22. The number of rotatable bonds is 2. The Bertz CT molecular complexity index is 462. The predicted molar refractivity (Wildman–Crippen MR) is 55.9 cm³/mol. The second kappa shape index (κ2) is 3.31. The lowest BCUT2D eigenvalue weighted by Crippen LogP contribution is -2.01. The Morgan fingerprint density at radius 1 is 1.50 bits per heavy atom. The minimum Gasteiger partial charge on any atom is -0.397 e. The van der Waals surface area contributed by atoms with E-state index in [2.05, 4.69) is 4.98 Å². The average molecular weight is 191 g/mol. The quantitative estimate of drug-likeness (QED) is 0.732. The van der Waals surface area contributed by atoms with Crippen LogP contribution in [0.4, 0.5) is 5.69 Å². The van der Waals surface area contributed by atoms with Crippen molar-refractivity contribution in [3.8, 4) is 0 Å². The Kier molecular flexibility index (Phi) is 2.13. The van der Waals surface area contributed by atoms with Gasteiger partial charge in [0.05, 0.1) is 11.2 Å². The monoisotopic (exact) mass is 191 g/mol. The first-order valence-electron chi connectivity index (χ1n) is 4.44. The number of para-hydroxylation sites is 1. The van der Waals surface area contributed by atoms with E-state index in [9.17, 15) is 0 Å². The van der Waals surface area contributed by atoms with Gasteiger partial charge in [0.1, 0.15) is 18.1 Å². The van der Waals surface area contributed by atoms with Gasteiger partial charge in [-0.1, -0.05) is 6.07 Å². The zero-order valence-electron chi connectivity index (χ0n) is 8.32. The molecule has 0 bridgehead atoms. The second-order valence-corrected chi connectivity index (χ2v) is 3.22. The maximum absolute atomic E-state index is 5.82. The van der Waals surface area contributed by atoms with Gasteiger partial charge in [0, 0.05) is 7.11 Å². The smallest absolute Gasteiger partial charge is 0.124 e. The summed E-state index contributed by atoms with van der Waals surface area (Å²) in [6.07, 6.45) is 0. The Morgan fingerprint density at radius 3 is 3.00 bits per heavy atom. The van der Waals surface area contributed by atoms with E-state index in [0.29, 0.717) is 12.4 Å². The lowest BCUT2D eigenvalue weighted by atomic mass is 10.3. The fourth-order valence-electron chi connectivity index (χ4n) is 1.58. The maximum Gasteiger partial charge on any atom is 0.124 e. The number of aryl methyl sites for hydroxylation is 1. The van der Waals surface area contributed by atoms with Gasteiger partial charge in [0.2, 0.25) is 0 Å². The number of benzene rings is 1. The van der Waals surface area contributed by atoms with Crippen LogP contribution in [0.3, 0.4) is 0 Å². The van der Waals surface area contributed by atoms with Crippen molar-refractivity contribution in [1.82, 2.24) is 9.55 Å². The molecule has 0 aliphatic heterocycles. The molecular formula is C10H13N3O. The van der Waals surface area contributed by atoms with Crippen LogP contribution in [0.5, 0.6) is 0 Å². The molecule has 0 atom stereocenters. The van der Waals surface area contributed by atoms with E-state index < -0.39 is 0 Å². The Hall–Kier alpha value is -1.55. The number of aromatic nitrogens is 2. The highest BCUT2D eigenvalue weighted by Crippen LogP contribution is 2.21. The number of ether oxygens (including phenoxy) is 1. The van der Waals surface area contributed by atoms with Gasteiger partial charge in [-0.15, -0.1) is 0 Å². The van der Waals surface area contributed by atoms with E-state index in [1.807, 2.05) is 29.7 Å². The number of anilines is 1. The van der Waals surface area contributed by atoms with Crippen LogP contribution in [-0.2, 0) is 11.5 Å². The van der Waals surface area contributed by atoms with Crippen LogP contribution >= 0.6 is 0 Å². The summed E-state index contributed by atoms with van der Waals surface area (Å²) in [4.78, 5) is 4.39. The molecule has 1 heterocycles. The molecule has 2 rings (SSSR count). The molecular weight excluding hydrogens is 178 g/mol. The van der Waals surface area contributed by atoms with Gasteiger partial charge in [0.25, 0.3) is 0 Å². The first-order chi connectivity index (χ1) is 6.74. The van der Waals surface area contributed by atoms with Crippen LogP contribution < -0.4 is 5.73 Å². The highest BCUT2D eigenvalue weighted by Gasteiger charge is 2.08. The molecule has 0 radical (unpaired) electrons. The number of nitrogens with zero attached hydrogens (tertiary/aromatic N) is 2. The first-order valence-corrected chi connectivity index (χ1v) is 4.44. The minimum atomic E-state index is 0.506. The Morgan fingerprint density at radius 2 is 2.29 bits per heavy atom. The van der Waals surface area contributed by atoms with Crippen molar-refractivity contribution in [2.45, 2.75) is 13.7 Å². The number of hydrogen-bond donors (Lipinski definition) is 1. The summed E-state index contributed by atoms with van der Waals surface area (Å²) < 4.78 is 7.09. The SMILES string of the molecule is COCn1c(C)nc2c(N)cccc21. The van der Waals surface area contributed by atoms with E-state index in [4.69, 9.17) is 10.5 Å². The van der Waals surface area contributed by atoms with Gasteiger partial charge in [-0.25, -0.2) is 4.98 Å². The molecule has 0 fully saturated rings. The lowest BCUT2D eigenvalue weighted by Gasteiger charge is -2.04. The van der Waals surface area contributed by atoms with Crippen LogP contribution in [0.15, 0.2) is 18.2 Å². The zero-order chi connectivity index (χ0) is 10.1. The van der Waals surface area contributed by atoms with Crippen LogP contribution in [-0.4, -0.2) is 16.7 Å². The van der Waals surface area contributed by atoms with Crippen LogP contribution in [0.1, 0.15) is 5.82 Å². The Balaban J connectivity index is 2.70. The third kappa shape index (κ3) is 1.24. The van der Waals surface area contributed by atoms with Gasteiger partial charge < -0.3 is 15.0 Å². The molecule has 0 aliphatic carbocycles. The zero-order valence-corrected chi connectivity index (χ0v) is 8.32. The maximum atomic E-state index is 5.82. The fraction of sp³-hybridized carbons (Fsp3) is 0.300. The summed E-state index contributed by atoms with van der Waals surface area (Å²) in [7, 11) is 1.66. The molecule has 14 heavy (non-hydrogen) atoms. The molecule has 4 heteroatoms. The van der Waals surface area contributed by atoms with Crippen LogP contribution in [0.2, 0.25) is 0 Å². The van der Waals surface area contributed by atoms with E-state index in [1.165, 1.54) is 0 Å². The number of nitrogens with two attached hydrogens (primary N) is 1. The minimum absolute atomic E-state index is 0.506. The molecule has 0 saturated heterocycles. The average Bonchev–Trinajstić information content (AvgIpc) is 2.47. The number of imidazole rings is 1. The van der Waals surface area contributed by atoms with Crippen LogP contribution in [0, 0.1) is 6.92 Å². The van der Waals surface area contributed by atoms with E-state index in [0.717, 1.165) is 16.9 Å². The van der Waals surface area contributed by atoms with Crippen LogP contribution in [0.25, 0.3) is 11.0 Å². The highest BCUT2D eigenvalue weighted by molar-refractivity contribution is 5.87. The number of nitrogen functional groups attached to an aromatic ring is 1. The molecule has 4 nitrogen and oxygen atoms in total. The van der Waals surface area contributed by atoms with E-state index >= 15 is 0 Å². The largest absolute Gasteiger partial charge is 0.397 e. The molecule has 0 aliphatic rings. The molecule has 1 aromatic heterocycles. The molecule has 2 N–H and O–H groups in total. The van der Waals surface area contributed by atoms with Crippen molar-refractivity contribution in [3.05, 3.63) is 24.0 Å². The lowest BCUT2D eigenvalue weighted by molar-refractivity contribution is 0.132. The van der Waals surface area contributed by atoms with Gasteiger partial charge in [-0.3, -0.25) is 0 Å². The normalized spacial score (nSPS) is 11.0. The highest BCUT2D eigenvalue weighted by atomic mass is 16.5. The molecule has 0 unspecified atom stereocenters. The van der Waals surface area contributed by atoms with Crippen molar-refractivity contribution in [3.63, 3.8) is 0 Å². The summed E-state index contributed by atoms with van der Waals surface area (Å²) >= 11 is 0. The molecule has 74 valence electrons. The standard InChI is InChI=1S/C10H13N3O/c1-7-12-10-8(11)4-3-5-9(10)13(7)6-14-2/h3-5H,6,11H2,1-2H3. The fourth-order valence-corrected chi connectivity index (χ4v) is 1.58. The summed E-state index contributed by atoms with van der Waals surface area (Å²) in [5.74, 6) is 0.916. The Labute approximate surface area is 82.3 Å². The van der Waals surface area contributed by atoms with Crippen molar-refractivity contribution in [2.24, 2.45) is 0 Å². The molecule has 0 spiro atoms. The molecule has 0 saturated carbocycles. The summed E-state index contributed by atoms with van der Waals surface area (Å²) in [6, 6.07) is 5.77. The number of fused-ring (bicyclic) bond motifs is 1. The van der Waals surface area contributed by atoms with E-state index in [1.54, 1.807) is 7.11 Å². The van der Waals surface area contributed by atoms with Crippen molar-refractivity contribution >= 4 is 16.7 Å². The van der Waals surface area contributed by atoms with Crippen molar-refractivity contribution in [2.75, 3.05) is 12.8 Å². The molecule has 1 aromatic carbocycles. The third-order valence-electron chi connectivity index (χ3n) is 2.26. The van der Waals surface area contributed by atoms with Gasteiger partial charge in [0.15, 0.2) is 0 Å². The summed E-state index contributed by atoms with van der Waals surface area (Å²) in [5, 5.41) is 0. The molecule has 0 amide bonds. The first kappa shape index (κ1) is 9.02. The van der Waals surface area contributed by atoms with Gasteiger partial charge in [-0.05, 0) is 19.1 Å². The van der Waals surface area contributed by atoms with Crippen molar-refractivity contribution < 1.29 is 4.74 Å². The third-order valence-corrected chi connectivity index (χ3v) is 2.26. The van der Waals surface area contributed by atoms with Gasteiger partial charge in [-0.2, -0.15) is 0 Å². The van der Waals surface area contributed by atoms with Crippen molar-refractivity contribution in [1.29, 1.82) is 0 Å². The van der Waals surface area contributed by atoms with E-state index in [-0.39, 0.29) is 0 Å². The topological polar surface area (TPSA) is 53.1 Å².